The number of nitrogens with two attached hydrogens (primary N) is 1. The molecule has 1 heterocycles. The Morgan fingerprint density at radius 3 is 2.59 bits per heavy atom. The monoisotopic (exact) mass is 531 g/mol. The molecule has 0 aromatic carbocycles. The van der Waals surface area contributed by atoms with Gasteiger partial charge in [-0.3, -0.25) is 0 Å². The molecule has 4 nitrogen and oxygen atoms in total. The lowest BCUT2D eigenvalue weighted by Gasteiger charge is -2.65. The highest BCUT2D eigenvalue weighted by Crippen LogP contribution is 2.73. The Bertz CT molecular complexity index is 973. The molecule has 5 rings (SSSR count). The van der Waals surface area contributed by atoms with Crippen LogP contribution in [0.25, 0.3) is 0 Å². The van der Waals surface area contributed by atoms with E-state index in [4.69, 9.17) is 26.8 Å². The molecule has 0 aromatic rings. The second kappa shape index (κ2) is 9.79. The van der Waals surface area contributed by atoms with Gasteiger partial charge in [-0.1, -0.05) is 53.9 Å². The molecule has 2 bridgehead atoms. The van der Waals surface area contributed by atoms with Crippen molar-refractivity contribution in [3.05, 3.63) is 23.3 Å². The van der Waals surface area contributed by atoms with Gasteiger partial charge in [-0.2, -0.15) is 0 Å². The molecule has 9 atom stereocenters. The minimum absolute atomic E-state index is 0.0221. The van der Waals surface area contributed by atoms with Crippen LogP contribution >= 0.6 is 11.6 Å². The molecule has 208 valence electrons. The van der Waals surface area contributed by atoms with E-state index in [-0.39, 0.29) is 22.6 Å². The lowest BCUT2D eigenvalue weighted by atomic mass is 9.40. The van der Waals surface area contributed by atoms with E-state index in [2.05, 4.69) is 40.7 Å². The van der Waals surface area contributed by atoms with Crippen LogP contribution in [0.2, 0.25) is 0 Å². The third kappa shape index (κ3) is 4.09. The summed E-state index contributed by atoms with van der Waals surface area (Å²) in [5, 5.41) is 0.0221. The van der Waals surface area contributed by atoms with Crippen molar-refractivity contribution < 1.29 is 14.3 Å². The Morgan fingerprint density at radius 1 is 1.14 bits per heavy atom. The Kier molecular flexibility index (Phi) is 7.25. The van der Waals surface area contributed by atoms with Crippen LogP contribution in [0, 0.1) is 51.8 Å². The summed E-state index contributed by atoms with van der Waals surface area (Å²) in [6.45, 7) is 14.4. The van der Waals surface area contributed by atoms with Crippen LogP contribution in [-0.2, 0) is 14.3 Å². The van der Waals surface area contributed by atoms with Gasteiger partial charge >= 0.3 is 5.97 Å². The summed E-state index contributed by atoms with van der Waals surface area (Å²) >= 11 is 6.85. The number of hydrogen-bond donors (Lipinski definition) is 1. The van der Waals surface area contributed by atoms with E-state index in [1.54, 1.807) is 0 Å². The van der Waals surface area contributed by atoms with Gasteiger partial charge in [0.2, 0.25) is 5.88 Å². The average Bonchev–Trinajstić information content (AvgIpc) is 3.17. The largest absolute Gasteiger partial charge is 0.462 e. The Hall–Kier alpha value is -1.16. The van der Waals surface area contributed by atoms with Crippen molar-refractivity contribution >= 4 is 17.6 Å². The van der Waals surface area contributed by atoms with Crippen molar-refractivity contribution in [3.63, 3.8) is 0 Å². The van der Waals surface area contributed by atoms with Gasteiger partial charge in [-0.05, 0) is 98.4 Å². The number of alkyl halides is 1. The van der Waals surface area contributed by atoms with E-state index in [9.17, 15) is 4.79 Å². The number of carbonyl (C=O) groups excluding carboxylic acids is 1. The predicted molar refractivity (Wildman–Crippen MR) is 149 cm³/mol. The molecule has 4 aliphatic carbocycles. The first-order chi connectivity index (χ1) is 17.5. The maximum absolute atomic E-state index is 13.3. The van der Waals surface area contributed by atoms with Crippen molar-refractivity contribution in [2.24, 2.45) is 57.5 Å². The molecule has 3 saturated carbocycles. The fraction of sp³-hybridized carbons (Fsp3) is 0.844. The van der Waals surface area contributed by atoms with Crippen LogP contribution in [0.5, 0.6) is 0 Å². The topological polar surface area (TPSA) is 61.5 Å². The van der Waals surface area contributed by atoms with Crippen molar-refractivity contribution in [1.82, 2.24) is 0 Å². The molecule has 1 aliphatic heterocycles. The van der Waals surface area contributed by atoms with E-state index < -0.39 is 5.41 Å². The third-order valence-electron chi connectivity index (χ3n) is 11.9. The molecule has 5 heteroatoms. The minimum atomic E-state index is -0.501. The van der Waals surface area contributed by atoms with Crippen LogP contribution < -0.4 is 5.73 Å². The highest BCUT2D eigenvalue weighted by Gasteiger charge is 2.69. The third-order valence-corrected chi connectivity index (χ3v) is 12.3. The van der Waals surface area contributed by atoms with Crippen LogP contribution in [0.15, 0.2) is 23.3 Å². The molecule has 3 fully saturated rings. The number of esters is 1. The summed E-state index contributed by atoms with van der Waals surface area (Å²) in [5.41, 5.74) is 6.91. The van der Waals surface area contributed by atoms with Gasteiger partial charge < -0.3 is 15.2 Å². The normalized spacial score (nSPS) is 43.4. The molecule has 2 N–H and O–H groups in total. The zero-order chi connectivity index (χ0) is 26.8. The number of rotatable bonds is 7. The standard InChI is InChI=1S/C32H50ClNO3/c1-7-36-29(35)27-28(34)37-25-18-32(27)17-21(33)13-16-31(32,6)24-14-15-30(5)22(11-12-23(30)26(24)25)20(4)10-8-9-19(2)3/h18-24,26H,7-17,34H2,1-6H3/t20-,21+,22-,23+,24+,26+,30-,31-,32+/m1/s1. The first kappa shape index (κ1) is 27.4. The smallest absolute Gasteiger partial charge is 0.340 e. The molecular weight excluding hydrogens is 482 g/mol. The molecule has 1 spiro atoms. The Morgan fingerprint density at radius 2 is 1.89 bits per heavy atom. The SMILES string of the molecule is CCOC(=O)C1=C(N)OC2=C[C@@]13C[C@@H](Cl)CC[C@]3(C)[C@H]1CC[C@]3(C)[C@@H]([C@H](C)CCCC(C)C)CC[C@H]3[C@H]21. The number of halogens is 1. The Balaban J connectivity index is 1.51. The number of ether oxygens (including phenoxy) is 2. The van der Waals surface area contributed by atoms with Gasteiger partial charge in [0.25, 0.3) is 0 Å². The van der Waals surface area contributed by atoms with Gasteiger partial charge in [0.15, 0.2) is 0 Å². The molecule has 0 aromatic heterocycles. The van der Waals surface area contributed by atoms with Gasteiger partial charge in [-0.25, -0.2) is 4.79 Å². The second-order valence-electron chi connectivity index (χ2n) is 14.1. The molecule has 0 unspecified atom stereocenters. The molecule has 37 heavy (non-hydrogen) atoms. The number of carbonyl (C=O) groups is 1. The predicted octanol–water partition coefficient (Wildman–Crippen LogP) is 7.95. The summed E-state index contributed by atoms with van der Waals surface area (Å²) < 4.78 is 12.0. The molecular formula is C32H50ClNO3. The maximum Gasteiger partial charge on any atom is 0.340 e. The highest BCUT2D eigenvalue weighted by molar-refractivity contribution is 6.20. The van der Waals surface area contributed by atoms with E-state index in [0.29, 0.717) is 35.3 Å². The zero-order valence-electron chi connectivity index (χ0n) is 24.1. The fourth-order valence-corrected chi connectivity index (χ4v) is 10.5. The van der Waals surface area contributed by atoms with Gasteiger partial charge in [0.05, 0.1) is 6.61 Å². The van der Waals surface area contributed by atoms with Gasteiger partial charge in [0.1, 0.15) is 11.3 Å². The number of hydrogen-bond acceptors (Lipinski definition) is 4. The average molecular weight is 532 g/mol. The van der Waals surface area contributed by atoms with Crippen molar-refractivity contribution in [2.45, 2.75) is 111 Å². The van der Waals surface area contributed by atoms with E-state index in [1.165, 1.54) is 44.9 Å². The van der Waals surface area contributed by atoms with E-state index in [0.717, 1.165) is 42.8 Å². The number of fused-ring (bicyclic) bond motifs is 5. The zero-order valence-corrected chi connectivity index (χ0v) is 24.8. The lowest BCUT2D eigenvalue weighted by molar-refractivity contribution is -0.149. The summed E-state index contributed by atoms with van der Waals surface area (Å²) in [6.07, 6.45) is 14.1. The van der Waals surface area contributed by atoms with E-state index in [1.807, 2.05) is 6.92 Å². The highest BCUT2D eigenvalue weighted by atomic mass is 35.5. The first-order valence-corrected chi connectivity index (χ1v) is 15.6. The fourth-order valence-electron chi connectivity index (χ4n) is 10.2. The minimum Gasteiger partial charge on any atom is -0.462 e. The quantitative estimate of drug-likeness (QED) is 0.267. The second-order valence-corrected chi connectivity index (χ2v) is 14.7. The molecule has 0 amide bonds. The molecule has 0 saturated heterocycles. The van der Waals surface area contributed by atoms with Gasteiger partial charge in [0, 0.05) is 16.7 Å². The Labute approximate surface area is 230 Å². The van der Waals surface area contributed by atoms with Crippen molar-refractivity contribution in [2.75, 3.05) is 6.61 Å². The maximum atomic E-state index is 13.3. The van der Waals surface area contributed by atoms with E-state index >= 15 is 0 Å². The summed E-state index contributed by atoms with van der Waals surface area (Å²) in [4.78, 5) is 13.3. The van der Waals surface area contributed by atoms with Crippen molar-refractivity contribution in [1.29, 1.82) is 0 Å². The first-order valence-electron chi connectivity index (χ1n) is 15.2. The lowest BCUT2D eigenvalue weighted by Crippen LogP contribution is -2.61. The summed E-state index contributed by atoms with van der Waals surface area (Å²) in [7, 11) is 0. The molecule has 0 radical (unpaired) electrons. The molecule has 5 aliphatic rings. The summed E-state index contributed by atoms with van der Waals surface area (Å²) in [5.74, 6) is 4.74. The van der Waals surface area contributed by atoms with Crippen LogP contribution in [-0.4, -0.2) is 18.0 Å². The van der Waals surface area contributed by atoms with Gasteiger partial charge in [-0.15, -0.1) is 11.6 Å². The van der Waals surface area contributed by atoms with Crippen LogP contribution in [0.1, 0.15) is 106 Å². The van der Waals surface area contributed by atoms with Crippen LogP contribution in [0.4, 0.5) is 0 Å². The summed E-state index contributed by atoms with van der Waals surface area (Å²) in [6, 6.07) is 0. The van der Waals surface area contributed by atoms with Crippen LogP contribution in [0.3, 0.4) is 0 Å². The number of allylic oxidation sites excluding steroid dienone is 2. The van der Waals surface area contributed by atoms with Crippen molar-refractivity contribution in [3.8, 4) is 0 Å².